The highest BCUT2D eigenvalue weighted by Crippen LogP contribution is 2.29. The Morgan fingerprint density at radius 1 is 1.44 bits per heavy atom. The van der Waals surface area contributed by atoms with E-state index in [9.17, 15) is 4.79 Å². The molecule has 1 amide bonds. The van der Waals surface area contributed by atoms with E-state index in [2.05, 4.69) is 15.9 Å². The summed E-state index contributed by atoms with van der Waals surface area (Å²) in [7, 11) is 1.82. The number of rotatable bonds is 3. The number of carbonyl (C=O) groups is 1. The van der Waals surface area contributed by atoms with E-state index in [0.29, 0.717) is 13.0 Å². The van der Waals surface area contributed by atoms with Crippen LogP contribution in [0.15, 0.2) is 18.2 Å². The molecular formula is C12H14BrNO2. The van der Waals surface area contributed by atoms with Crippen LogP contribution in [-0.4, -0.2) is 24.9 Å². The van der Waals surface area contributed by atoms with Gasteiger partial charge < -0.3 is 9.64 Å². The summed E-state index contributed by atoms with van der Waals surface area (Å²) in [5.74, 6) is 1.06. The molecule has 0 saturated heterocycles. The predicted octanol–water partition coefficient (Wildman–Crippen LogP) is 2.37. The second-order valence-electron chi connectivity index (χ2n) is 3.78. The maximum atomic E-state index is 11.5. The molecule has 1 aliphatic rings. The van der Waals surface area contributed by atoms with Crippen LogP contribution in [0.25, 0.3) is 0 Å². The molecular weight excluding hydrogens is 270 g/mol. The van der Waals surface area contributed by atoms with Crippen molar-refractivity contribution in [1.82, 2.24) is 0 Å². The van der Waals surface area contributed by atoms with Crippen molar-refractivity contribution in [2.45, 2.75) is 12.8 Å². The summed E-state index contributed by atoms with van der Waals surface area (Å²) >= 11 is 3.32. The minimum absolute atomic E-state index is 0.182. The van der Waals surface area contributed by atoms with E-state index in [0.717, 1.165) is 23.2 Å². The molecule has 2 rings (SSSR count). The van der Waals surface area contributed by atoms with Crippen LogP contribution >= 0.6 is 15.9 Å². The smallest absolute Gasteiger partial charge is 0.227 e. The molecule has 3 nitrogen and oxygen atoms in total. The van der Waals surface area contributed by atoms with Crippen molar-refractivity contribution in [1.29, 1.82) is 0 Å². The van der Waals surface area contributed by atoms with E-state index in [1.165, 1.54) is 5.56 Å². The van der Waals surface area contributed by atoms with Gasteiger partial charge in [0, 0.05) is 24.5 Å². The number of benzene rings is 1. The molecule has 0 saturated carbocycles. The summed E-state index contributed by atoms with van der Waals surface area (Å²) in [6, 6.07) is 5.90. The monoisotopic (exact) mass is 283 g/mol. The number of halogens is 1. The van der Waals surface area contributed by atoms with E-state index in [-0.39, 0.29) is 5.91 Å². The first-order chi connectivity index (χ1) is 7.72. The number of ether oxygens (including phenoxy) is 1. The highest BCUT2D eigenvalue weighted by molar-refractivity contribution is 9.09. The molecule has 0 spiro atoms. The fraction of sp³-hybridized carbons (Fsp3) is 0.417. The number of nitrogens with zero attached hydrogens (tertiary/aromatic N) is 1. The number of hydrogen-bond acceptors (Lipinski definition) is 2. The third kappa shape index (κ3) is 2.21. The number of carbonyl (C=O) groups excluding carboxylic acids is 1. The fourth-order valence-electron chi connectivity index (χ4n) is 1.88. The number of hydrogen-bond donors (Lipinski definition) is 0. The zero-order valence-corrected chi connectivity index (χ0v) is 10.8. The lowest BCUT2D eigenvalue weighted by atomic mass is 10.0. The lowest BCUT2D eigenvalue weighted by Crippen LogP contribution is -2.30. The van der Waals surface area contributed by atoms with Gasteiger partial charge in [-0.05, 0) is 30.2 Å². The van der Waals surface area contributed by atoms with Crippen LogP contribution < -0.4 is 9.64 Å². The van der Waals surface area contributed by atoms with Gasteiger partial charge in [0.1, 0.15) is 5.75 Å². The van der Waals surface area contributed by atoms with Crippen molar-refractivity contribution in [3.63, 3.8) is 0 Å². The van der Waals surface area contributed by atoms with E-state index in [1.54, 1.807) is 4.90 Å². The van der Waals surface area contributed by atoms with Gasteiger partial charge in [-0.15, -0.1) is 0 Å². The molecule has 16 heavy (non-hydrogen) atoms. The summed E-state index contributed by atoms with van der Waals surface area (Å²) in [5, 5.41) is 0.822. The first kappa shape index (κ1) is 11.5. The van der Waals surface area contributed by atoms with Crippen LogP contribution in [0.5, 0.6) is 5.75 Å². The SMILES string of the molecule is CN1C(=O)CCc2cc(OCCBr)ccc21. The number of anilines is 1. The molecule has 0 radical (unpaired) electrons. The first-order valence-electron chi connectivity index (χ1n) is 5.30. The van der Waals surface area contributed by atoms with Crippen molar-refractivity contribution in [3.8, 4) is 5.75 Å². The molecule has 0 N–H and O–H groups in total. The summed E-state index contributed by atoms with van der Waals surface area (Å²) in [4.78, 5) is 13.2. The minimum Gasteiger partial charge on any atom is -0.493 e. The average molecular weight is 284 g/mol. The molecule has 1 aromatic rings. The van der Waals surface area contributed by atoms with Gasteiger partial charge in [-0.2, -0.15) is 0 Å². The third-order valence-electron chi connectivity index (χ3n) is 2.74. The van der Waals surface area contributed by atoms with Gasteiger partial charge >= 0.3 is 0 Å². The van der Waals surface area contributed by atoms with Crippen molar-refractivity contribution in [3.05, 3.63) is 23.8 Å². The second-order valence-corrected chi connectivity index (χ2v) is 4.57. The van der Waals surface area contributed by atoms with Crippen LogP contribution in [0, 0.1) is 0 Å². The van der Waals surface area contributed by atoms with Gasteiger partial charge in [0.25, 0.3) is 0 Å². The van der Waals surface area contributed by atoms with E-state index < -0.39 is 0 Å². The van der Waals surface area contributed by atoms with Crippen LogP contribution in [-0.2, 0) is 11.2 Å². The Morgan fingerprint density at radius 2 is 2.25 bits per heavy atom. The molecule has 0 fully saturated rings. The Labute approximate surface area is 104 Å². The maximum absolute atomic E-state index is 11.5. The largest absolute Gasteiger partial charge is 0.493 e. The van der Waals surface area contributed by atoms with E-state index in [4.69, 9.17) is 4.74 Å². The second kappa shape index (κ2) is 4.87. The van der Waals surface area contributed by atoms with E-state index >= 15 is 0 Å². The quantitative estimate of drug-likeness (QED) is 0.797. The van der Waals surface area contributed by atoms with Crippen LogP contribution in [0.1, 0.15) is 12.0 Å². The number of aryl methyl sites for hydroxylation is 1. The molecule has 1 aromatic carbocycles. The van der Waals surface area contributed by atoms with Gasteiger partial charge in [-0.1, -0.05) is 15.9 Å². The first-order valence-corrected chi connectivity index (χ1v) is 6.43. The van der Waals surface area contributed by atoms with Gasteiger partial charge in [0.2, 0.25) is 5.91 Å². The normalized spacial score (nSPS) is 14.9. The summed E-state index contributed by atoms with van der Waals surface area (Å²) < 4.78 is 5.53. The Bertz CT molecular complexity index is 406. The van der Waals surface area contributed by atoms with Crippen LogP contribution in [0.2, 0.25) is 0 Å². The van der Waals surface area contributed by atoms with Crippen LogP contribution in [0.4, 0.5) is 5.69 Å². The molecule has 86 valence electrons. The zero-order chi connectivity index (χ0) is 11.5. The zero-order valence-electron chi connectivity index (χ0n) is 9.20. The molecule has 1 aliphatic heterocycles. The number of fused-ring (bicyclic) bond motifs is 1. The molecule has 0 atom stereocenters. The number of amides is 1. The molecule has 0 aliphatic carbocycles. The van der Waals surface area contributed by atoms with Gasteiger partial charge in [0.05, 0.1) is 6.61 Å². The lowest BCUT2D eigenvalue weighted by molar-refractivity contribution is -0.118. The Balaban J connectivity index is 2.23. The Hall–Kier alpha value is -1.03. The van der Waals surface area contributed by atoms with Crippen molar-refractivity contribution < 1.29 is 9.53 Å². The molecule has 4 heteroatoms. The average Bonchev–Trinajstić information content (AvgIpc) is 2.31. The molecule has 0 aromatic heterocycles. The van der Waals surface area contributed by atoms with Gasteiger partial charge in [-0.3, -0.25) is 4.79 Å². The van der Waals surface area contributed by atoms with Crippen LogP contribution in [0.3, 0.4) is 0 Å². The summed E-state index contributed by atoms with van der Waals surface area (Å²) in [5.41, 5.74) is 2.19. The maximum Gasteiger partial charge on any atom is 0.227 e. The third-order valence-corrected chi connectivity index (χ3v) is 3.06. The summed E-state index contributed by atoms with van der Waals surface area (Å²) in [6.45, 7) is 0.660. The highest BCUT2D eigenvalue weighted by atomic mass is 79.9. The Morgan fingerprint density at radius 3 is 3.00 bits per heavy atom. The summed E-state index contributed by atoms with van der Waals surface area (Å²) in [6.07, 6.45) is 1.40. The lowest BCUT2D eigenvalue weighted by Gasteiger charge is -2.26. The van der Waals surface area contributed by atoms with Crippen molar-refractivity contribution in [2.24, 2.45) is 0 Å². The molecule has 0 unspecified atom stereocenters. The molecule has 0 bridgehead atoms. The Kier molecular flexibility index (Phi) is 3.49. The topological polar surface area (TPSA) is 29.5 Å². The van der Waals surface area contributed by atoms with Gasteiger partial charge in [0.15, 0.2) is 0 Å². The van der Waals surface area contributed by atoms with E-state index in [1.807, 2.05) is 25.2 Å². The number of alkyl halides is 1. The van der Waals surface area contributed by atoms with Crippen molar-refractivity contribution in [2.75, 3.05) is 23.9 Å². The minimum atomic E-state index is 0.182. The van der Waals surface area contributed by atoms with Gasteiger partial charge in [-0.25, -0.2) is 0 Å². The highest BCUT2D eigenvalue weighted by Gasteiger charge is 2.20. The molecule has 1 heterocycles. The fourth-order valence-corrected chi connectivity index (χ4v) is 2.04. The predicted molar refractivity (Wildman–Crippen MR) is 67.5 cm³/mol. The van der Waals surface area contributed by atoms with Crippen molar-refractivity contribution >= 4 is 27.5 Å². The standard InChI is InChI=1S/C12H14BrNO2/c1-14-11-4-3-10(16-7-6-13)8-9(11)2-5-12(14)15/h3-4,8H,2,5-7H2,1H3.